The van der Waals surface area contributed by atoms with Crippen LogP contribution in [0.4, 0.5) is 5.69 Å². The first-order valence-corrected chi connectivity index (χ1v) is 6.11. The molecule has 0 aromatic heterocycles. The molecule has 0 N–H and O–H groups in total. The summed E-state index contributed by atoms with van der Waals surface area (Å²) >= 11 is 0. The number of hydrogen-bond donors (Lipinski definition) is 0. The number of ether oxygens (including phenoxy) is 1. The van der Waals surface area contributed by atoms with Gasteiger partial charge in [-0.2, -0.15) is 0 Å². The number of benzene rings is 2. The molecule has 4 heteroatoms. The lowest BCUT2D eigenvalue weighted by Gasteiger charge is -2.04. The Morgan fingerprint density at radius 2 is 1.63 bits per heavy atom. The normalized spacial score (nSPS) is 10.3. The van der Waals surface area contributed by atoms with Gasteiger partial charge in [-0.3, -0.25) is 10.1 Å². The number of nitro benzene ring substituents is 1. The minimum absolute atomic E-state index is 0.105. The summed E-state index contributed by atoms with van der Waals surface area (Å²) in [5, 5.41) is 10.5. The van der Waals surface area contributed by atoms with Gasteiger partial charge in [0.05, 0.1) is 18.1 Å². The third-order valence-electron chi connectivity index (χ3n) is 2.79. The van der Waals surface area contributed by atoms with Gasteiger partial charge in [-0.15, -0.1) is 0 Å². The lowest BCUT2D eigenvalue weighted by atomic mass is 10.2. The summed E-state index contributed by atoms with van der Waals surface area (Å²) < 4.78 is 5.55. The van der Waals surface area contributed by atoms with E-state index in [0.717, 1.165) is 12.0 Å². The van der Waals surface area contributed by atoms with E-state index in [9.17, 15) is 10.1 Å². The highest BCUT2D eigenvalue weighted by atomic mass is 16.6. The van der Waals surface area contributed by atoms with Crippen molar-refractivity contribution in [1.29, 1.82) is 0 Å². The third-order valence-corrected chi connectivity index (χ3v) is 2.79. The molecule has 0 radical (unpaired) electrons. The van der Waals surface area contributed by atoms with Crippen LogP contribution >= 0.6 is 0 Å². The second-order valence-electron chi connectivity index (χ2n) is 4.21. The lowest BCUT2D eigenvalue weighted by Crippen LogP contribution is -1.99. The molecule has 0 heterocycles. The van der Waals surface area contributed by atoms with Crippen molar-refractivity contribution in [3.8, 4) is 0 Å². The summed E-state index contributed by atoms with van der Waals surface area (Å²) in [6.45, 7) is 1.12. The summed E-state index contributed by atoms with van der Waals surface area (Å²) in [7, 11) is 0. The van der Waals surface area contributed by atoms with Crippen LogP contribution in [0.25, 0.3) is 0 Å². The van der Waals surface area contributed by atoms with E-state index in [1.54, 1.807) is 12.1 Å². The summed E-state index contributed by atoms with van der Waals surface area (Å²) in [5.41, 5.74) is 2.29. The molecule has 0 saturated carbocycles. The quantitative estimate of drug-likeness (QED) is 0.453. The number of non-ortho nitro benzene ring substituents is 1. The lowest BCUT2D eigenvalue weighted by molar-refractivity contribution is -0.384. The van der Waals surface area contributed by atoms with Crippen LogP contribution in [0.15, 0.2) is 54.6 Å². The van der Waals surface area contributed by atoms with Crippen molar-refractivity contribution in [2.24, 2.45) is 0 Å². The number of nitro groups is 1. The van der Waals surface area contributed by atoms with Gasteiger partial charge < -0.3 is 4.74 Å². The Kier molecular flexibility index (Phi) is 4.64. The second-order valence-corrected chi connectivity index (χ2v) is 4.21. The molecule has 4 nitrogen and oxygen atoms in total. The molecule has 0 aliphatic carbocycles. The fourth-order valence-corrected chi connectivity index (χ4v) is 1.74. The van der Waals surface area contributed by atoms with E-state index in [1.165, 1.54) is 17.7 Å². The van der Waals surface area contributed by atoms with E-state index in [0.29, 0.717) is 13.2 Å². The standard InChI is InChI=1S/C15H15NO3/c17-16(18)15-8-6-14(7-9-15)12-19-11-10-13-4-2-1-3-5-13/h1-9H,10-12H2. The fourth-order valence-electron chi connectivity index (χ4n) is 1.74. The molecule has 0 bridgehead atoms. The Hall–Kier alpha value is -2.20. The molecule has 0 saturated heterocycles. The minimum atomic E-state index is -0.403. The maximum absolute atomic E-state index is 10.5. The summed E-state index contributed by atoms with van der Waals surface area (Å²) in [6.07, 6.45) is 0.869. The van der Waals surface area contributed by atoms with Crippen LogP contribution < -0.4 is 0 Å². The van der Waals surface area contributed by atoms with Crippen LogP contribution in [0, 0.1) is 10.1 Å². The monoisotopic (exact) mass is 257 g/mol. The third kappa shape index (κ3) is 4.19. The minimum Gasteiger partial charge on any atom is -0.376 e. The molecular weight excluding hydrogens is 242 g/mol. The number of rotatable bonds is 6. The highest BCUT2D eigenvalue weighted by Crippen LogP contribution is 2.12. The average molecular weight is 257 g/mol. The predicted octanol–water partition coefficient (Wildman–Crippen LogP) is 3.35. The maximum atomic E-state index is 10.5. The summed E-state index contributed by atoms with van der Waals surface area (Å²) in [4.78, 5) is 10.1. The van der Waals surface area contributed by atoms with Crippen LogP contribution in [0.1, 0.15) is 11.1 Å². The first-order valence-electron chi connectivity index (χ1n) is 6.11. The Labute approximate surface area is 111 Å². The van der Waals surface area contributed by atoms with Gasteiger partial charge >= 0.3 is 0 Å². The molecule has 0 unspecified atom stereocenters. The van der Waals surface area contributed by atoms with Gasteiger partial charge in [-0.25, -0.2) is 0 Å². The number of nitrogens with zero attached hydrogens (tertiary/aromatic N) is 1. The van der Waals surface area contributed by atoms with Crippen LogP contribution in [-0.2, 0) is 17.8 Å². The number of hydrogen-bond acceptors (Lipinski definition) is 3. The van der Waals surface area contributed by atoms with E-state index >= 15 is 0 Å². The molecule has 0 fully saturated rings. The van der Waals surface area contributed by atoms with Gasteiger partial charge in [0.25, 0.3) is 5.69 Å². The van der Waals surface area contributed by atoms with Gasteiger partial charge in [0.15, 0.2) is 0 Å². The van der Waals surface area contributed by atoms with Crippen LogP contribution in [-0.4, -0.2) is 11.5 Å². The van der Waals surface area contributed by atoms with Gasteiger partial charge in [0.2, 0.25) is 0 Å². The van der Waals surface area contributed by atoms with Crippen molar-refractivity contribution in [2.45, 2.75) is 13.0 Å². The molecule has 98 valence electrons. The first kappa shape index (κ1) is 13.2. The Morgan fingerprint density at radius 1 is 0.947 bits per heavy atom. The highest BCUT2D eigenvalue weighted by Gasteiger charge is 2.03. The van der Waals surface area contributed by atoms with Crippen molar-refractivity contribution in [3.05, 3.63) is 75.8 Å². The van der Waals surface area contributed by atoms with Gasteiger partial charge in [-0.05, 0) is 29.7 Å². The summed E-state index contributed by atoms with van der Waals surface area (Å²) in [6, 6.07) is 16.6. The highest BCUT2D eigenvalue weighted by molar-refractivity contribution is 5.32. The van der Waals surface area contributed by atoms with Crippen molar-refractivity contribution >= 4 is 5.69 Å². The van der Waals surface area contributed by atoms with E-state index in [1.807, 2.05) is 18.2 Å². The van der Waals surface area contributed by atoms with Crippen LogP contribution in [0.2, 0.25) is 0 Å². The Morgan fingerprint density at radius 3 is 2.26 bits per heavy atom. The van der Waals surface area contributed by atoms with Gasteiger partial charge in [0, 0.05) is 12.1 Å². The molecular formula is C15H15NO3. The molecule has 0 spiro atoms. The zero-order valence-electron chi connectivity index (χ0n) is 10.5. The largest absolute Gasteiger partial charge is 0.376 e. The van der Waals surface area contributed by atoms with E-state index in [4.69, 9.17) is 4.74 Å². The zero-order chi connectivity index (χ0) is 13.5. The van der Waals surface area contributed by atoms with Crippen molar-refractivity contribution < 1.29 is 9.66 Å². The molecule has 0 aliphatic rings. The van der Waals surface area contributed by atoms with Crippen LogP contribution in [0.5, 0.6) is 0 Å². The molecule has 2 aromatic carbocycles. The Balaban J connectivity index is 1.75. The molecule has 2 rings (SSSR count). The first-order chi connectivity index (χ1) is 9.25. The molecule has 2 aromatic rings. The summed E-state index contributed by atoms with van der Waals surface area (Å²) in [5.74, 6) is 0. The molecule has 0 amide bonds. The van der Waals surface area contributed by atoms with E-state index in [2.05, 4.69) is 12.1 Å². The topological polar surface area (TPSA) is 52.4 Å². The maximum Gasteiger partial charge on any atom is 0.269 e. The van der Waals surface area contributed by atoms with Crippen molar-refractivity contribution in [3.63, 3.8) is 0 Å². The van der Waals surface area contributed by atoms with Crippen molar-refractivity contribution in [2.75, 3.05) is 6.61 Å². The Bertz CT molecular complexity index is 523. The fraction of sp³-hybridized carbons (Fsp3) is 0.200. The van der Waals surface area contributed by atoms with Gasteiger partial charge in [-0.1, -0.05) is 30.3 Å². The van der Waals surface area contributed by atoms with Crippen LogP contribution in [0.3, 0.4) is 0 Å². The smallest absolute Gasteiger partial charge is 0.269 e. The van der Waals surface area contributed by atoms with E-state index < -0.39 is 4.92 Å². The average Bonchev–Trinajstić information content (AvgIpc) is 2.45. The molecule has 19 heavy (non-hydrogen) atoms. The van der Waals surface area contributed by atoms with Gasteiger partial charge in [0.1, 0.15) is 0 Å². The van der Waals surface area contributed by atoms with Crippen molar-refractivity contribution in [1.82, 2.24) is 0 Å². The van der Waals surface area contributed by atoms with E-state index in [-0.39, 0.29) is 5.69 Å². The molecule has 0 atom stereocenters. The zero-order valence-corrected chi connectivity index (χ0v) is 10.5. The predicted molar refractivity (Wildman–Crippen MR) is 72.9 cm³/mol. The molecule has 0 aliphatic heterocycles. The SMILES string of the molecule is O=[N+]([O-])c1ccc(COCCc2ccccc2)cc1. The second kappa shape index (κ2) is 6.66.